The largest absolute Gasteiger partial charge is 0.611 e. The molecule has 0 bridgehead atoms. The van der Waals surface area contributed by atoms with Crippen molar-refractivity contribution in [2.45, 2.75) is 11.4 Å². The zero-order valence-electron chi connectivity index (χ0n) is 18.0. The maximum absolute atomic E-state index is 12.5. The molecule has 1 heterocycles. The molecule has 32 heavy (non-hydrogen) atoms. The highest BCUT2D eigenvalue weighted by atomic mass is 32.2. The van der Waals surface area contributed by atoms with Gasteiger partial charge < -0.3 is 33.6 Å². The fraction of sp³-hybridized carbons (Fsp3) is 0.650. The lowest BCUT2D eigenvalue weighted by molar-refractivity contribution is -0.00956. The van der Waals surface area contributed by atoms with Crippen molar-refractivity contribution in [2.24, 2.45) is 5.11 Å². The van der Waals surface area contributed by atoms with E-state index in [1.807, 2.05) is 0 Å². The molecule has 1 aliphatic rings. The number of nitrogens with zero attached hydrogens (tertiary/aromatic N) is 3. The number of benzene rings is 1. The number of azide groups is 1. The molecule has 0 fully saturated rings. The Labute approximate surface area is 190 Å². The molecule has 178 valence electrons. The van der Waals surface area contributed by atoms with Crippen molar-refractivity contribution in [3.8, 4) is 0 Å². The average molecular weight is 471 g/mol. The number of carbonyl (C=O) groups excluding carboxylic acids is 1. The van der Waals surface area contributed by atoms with Crippen LogP contribution in [0.3, 0.4) is 0 Å². The monoisotopic (exact) mass is 470 g/mol. The van der Waals surface area contributed by atoms with Gasteiger partial charge in [-0.15, -0.1) is 0 Å². The second-order valence-electron chi connectivity index (χ2n) is 6.53. The highest BCUT2D eigenvalue weighted by Gasteiger charge is 2.26. The van der Waals surface area contributed by atoms with Gasteiger partial charge in [-0.3, -0.25) is 4.79 Å². The lowest BCUT2D eigenvalue weighted by atomic mass is 10.1. The van der Waals surface area contributed by atoms with Crippen molar-refractivity contribution >= 4 is 17.1 Å². The van der Waals surface area contributed by atoms with E-state index in [4.69, 9.17) is 29.2 Å². The molecule has 0 radical (unpaired) electrons. The Morgan fingerprint density at radius 1 is 0.938 bits per heavy atom. The SMILES string of the molecule is [N-]=[N+]=NCCOCCOCCOCCOCCOCC[S+]([O-])c1cccc2c1CNC2=O. The van der Waals surface area contributed by atoms with Gasteiger partial charge in [0.05, 0.1) is 66.1 Å². The minimum absolute atomic E-state index is 0.117. The van der Waals surface area contributed by atoms with Crippen LogP contribution in [-0.2, 0) is 41.4 Å². The summed E-state index contributed by atoms with van der Waals surface area (Å²) in [6.07, 6.45) is 0. The second-order valence-corrected chi connectivity index (χ2v) is 8.07. The van der Waals surface area contributed by atoms with Gasteiger partial charge in [-0.05, 0) is 28.8 Å². The molecule has 1 atom stereocenters. The normalized spacial score (nSPS) is 13.5. The van der Waals surface area contributed by atoms with E-state index in [0.717, 1.165) is 5.56 Å². The van der Waals surface area contributed by atoms with Gasteiger partial charge in [-0.1, -0.05) is 11.2 Å². The van der Waals surface area contributed by atoms with E-state index in [1.54, 1.807) is 18.2 Å². The number of rotatable bonds is 19. The third kappa shape index (κ3) is 10.2. The standard InChI is InChI=1S/C20H30N4O7S/c21-24-23-4-5-27-6-7-28-8-9-29-10-11-30-12-13-31-14-15-32(26)19-3-1-2-17-18(19)16-22-20(17)25/h1-3H,4-16H2,(H,22,25). The summed E-state index contributed by atoms with van der Waals surface area (Å²) in [7, 11) is 0. The fourth-order valence-electron chi connectivity index (χ4n) is 2.81. The van der Waals surface area contributed by atoms with Crippen LogP contribution in [0.5, 0.6) is 0 Å². The van der Waals surface area contributed by atoms with Crippen LogP contribution >= 0.6 is 0 Å². The van der Waals surface area contributed by atoms with Gasteiger partial charge in [0, 0.05) is 29.1 Å². The summed E-state index contributed by atoms with van der Waals surface area (Å²) in [6.45, 7) is 5.07. The zero-order chi connectivity index (χ0) is 22.9. The van der Waals surface area contributed by atoms with E-state index in [-0.39, 0.29) is 5.91 Å². The summed E-state index contributed by atoms with van der Waals surface area (Å²) in [5.41, 5.74) is 9.53. The molecule has 0 aliphatic carbocycles. The molecular formula is C20H30N4O7S. The van der Waals surface area contributed by atoms with Gasteiger partial charge in [0.2, 0.25) is 0 Å². The first kappa shape index (κ1) is 26.4. The average Bonchev–Trinajstić information content (AvgIpc) is 3.19. The Kier molecular flexibility index (Phi) is 13.8. The molecule has 0 saturated carbocycles. The lowest BCUT2D eigenvalue weighted by Crippen LogP contribution is -2.17. The number of carbonyl (C=O) groups is 1. The highest BCUT2D eigenvalue weighted by Crippen LogP contribution is 2.24. The van der Waals surface area contributed by atoms with Crippen molar-refractivity contribution < 1.29 is 33.0 Å². The van der Waals surface area contributed by atoms with Gasteiger partial charge in [-0.25, -0.2) is 0 Å². The van der Waals surface area contributed by atoms with E-state index >= 15 is 0 Å². The number of hydrogen-bond donors (Lipinski definition) is 1. The molecule has 1 aliphatic heterocycles. The fourth-order valence-corrected chi connectivity index (χ4v) is 3.99. The summed E-state index contributed by atoms with van der Waals surface area (Å²) in [4.78, 5) is 15.0. The maximum Gasteiger partial charge on any atom is 0.252 e. The molecule has 0 spiro atoms. The Balaban J connectivity index is 1.36. The molecule has 1 amide bonds. The first-order valence-corrected chi connectivity index (χ1v) is 11.7. The van der Waals surface area contributed by atoms with Gasteiger partial charge >= 0.3 is 0 Å². The number of nitrogens with one attached hydrogen (secondary N) is 1. The summed E-state index contributed by atoms with van der Waals surface area (Å²) in [6, 6.07) is 5.30. The van der Waals surface area contributed by atoms with E-state index in [0.29, 0.717) is 95.4 Å². The van der Waals surface area contributed by atoms with Crippen molar-refractivity contribution in [1.29, 1.82) is 0 Å². The summed E-state index contributed by atoms with van der Waals surface area (Å²) < 4.78 is 39.3. The Hall–Kier alpha value is -1.89. The van der Waals surface area contributed by atoms with Crippen LogP contribution < -0.4 is 5.32 Å². The van der Waals surface area contributed by atoms with Crippen LogP contribution in [0.15, 0.2) is 28.2 Å². The molecule has 0 aromatic heterocycles. The van der Waals surface area contributed by atoms with Crippen molar-refractivity contribution in [2.75, 3.05) is 78.4 Å². The van der Waals surface area contributed by atoms with Crippen LogP contribution in [0.25, 0.3) is 10.4 Å². The minimum atomic E-state index is -1.21. The first-order valence-electron chi connectivity index (χ1n) is 10.4. The van der Waals surface area contributed by atoms with Crippen LogP contribution in [0, 0.1) is 0 Å². The molecule has 1 N–H and O–H groups in total. The third-order valence-electron chi connectivity index (χ3n) is 4.35. The first-order chi connectivity index (χ1) is 15.7. The van der Waals surface area contributed by atoms with Crippen molar-refractivity contribution in [3.63, 3.8) is 0 Å². The number of fused-ring (bicyclic) bond motifs is 1. The van der Waals surface area contributed by atoms with E-state index < -0.39 is 11.2 Å². The summed E-state index contributed by atoms with van der Waals surface area (Å²) >= 11 is -1.21. The van der Waals surface area contributed by atoms with Gasteiger partial charge in [0.1, 0.15) is 5.75 Å². The molecule has 1 unspecified atom stereocenters. The summed E-state index contributed by atoms with van der Waals surface area (Å²) in [5.74, 6) is 0.251. The van der Waals surface area contributed by atoms with Crippen LogP contribution in [0.4, 0.5) is 0 Å². The third-order valence-corrected chi connectivity index (χ3v) is 5.76. The van der Waals surface area contributed by atoms with Crippen LogP contribution in [0.1, 0.15) is 15.9 Å². The van der Waals surface area contributed by atoms with Crippen LogP contribution in [0.2, 0.25) is 0 Å². The molecule has 0 saturated heterocycles. The summed E-state index contributed by atoms with van der Waals surface area (Å²) in [5, 5.41) is 6.11. The molecular weight excluding hydrogens is 440 g/mol. The zero-order valence-corrected chi connectivity index (χ0v) is 18.8. The van der Waals surface area contributed by atoms with Gasteiger partial charge in [0.15, 0.2) is 4.90 Å². The van der Waals surface area contributed by atoms with E-state index in [2.05, 4.69) is 15.3 Å². The van der Waals surface area contributed by atoms with Crippen molar-refractivity contribution in [1.82, 2.24) is 5.32 Å². The molecule has 11 nitrogen and oxygen atoms in total. The Morgan fingerprint density at radius 3 is 2.09 bits per heavy atom. The van der Waals surface area contributed by atoms with Gasteiger partial charge in [-0.2, -0.15) is 0 Å². The topological polar surface area (TPSA) is 147 Å². The molecule has 1 aromatic carbocycles. The smallest absolute Gasteiger partial charge is 0.252 e. The van der Waals surface area contributed by atoms with Crippen molar-refractivity contribution in [3.05, 3.63) is 39.8 Å². The highest BCUT2D eigenvalue weighted by molar-refractivity contribution is 7.91. The molecule has 2 rings (SSSR count). The minimum Gasteiger partial charge on any atom is -0.611 e. The molecule has 1 aromatic rings. The van der Waals surface area contributed by atoms with Gasteiger partial charge in [0.25, 0.3) is 5.91 Å². The predicted octanol–water partition coefficient (Wildman–Crippen LogP) is 1.43. The number of amides is 1. The second kappa shape index (κ2) is 16.7. The molecule has 12 heteroatoms. The maximum atomic E-state index is 12.5. The van der Waals surface area contributed by atoms with Crippen LogP contribution in [-0.4, -0.2) is 88.8 Å². The Bertz CT molecular complexity index is 734. The Morgan fingerprint density at radius 2 is 1.50 bits per heavy atom. The number of ether oxygens (including phenoxy) is 5. The predicted molar refractivity (Wildman–Crippen MR) is 117 cm³/mol. The number of hydrogen-bond acceptors (Lipinski definition) is 8. The van der Waals surface area contributed by atoms with E-state index in [9.17, 15) is 9.35 Å². The quantitative estimate of drug-likeness (QED) is 0.106. The van der Waals surface area contributed by atoms with E-state index in [1.165, 1.54) is 0 Å². The lowest BCUT2D eigenvalue weighted by Gasteiger charge is -2.13.